The molecule has 4 bridgehead atoms. The van der Waals surface area contributed by atoms with E-state index < -0.39 is 0 Å². The molecule has 8 rings (SSSR count). The van der Waals surface area contributed by atoms with E-state index in [0.717, 1.165) is 47.9 Å². The predicted octanol–water partition coefficient (Wildman–Crippen LogP) is 5.22. The Morgan fingerprint density at radius 2 is 1.97 bits per heavy atom. The molecular weight excluding hydrogens is 410 g/mol. The molecular formula is C27H35N5O. The third-order valence-electron chi connectivity index (χ3n) is 9.42. The summed E-state index contributed by atoms with van der Waals surface area (Å²) < 4.78 is 5.85. The van der Waals surface area contributed by atoms with Crippen molar-refractivity contribution in [3.05, 3.63) is 42.0 Å². The topological polar surface area (TPSA) is 53.5 Å². The third kappa shape index (κ3) is 2.89. The van der Waals surface area contributed by atoms with Crippen LogP contribution in [0, 0.1) is 23.2 Å². The molecule has 0 radical (unpaired) electrons. The van der Waals surface area contributed by atoms with E-state index in [-0.39, 0.29) is 11.6 Å². The largest absolute Gasteiger partial charge is 0.373 e. The van der Waals surface area contributed by atoms with E-state index in [4.69, 9.17) is 14.7 Å². The number of aromatic nitrogens is 2. The molecule has 7 aliphatic rings. The number of fused-ring (bicyclic) bond motifs is 2. The molecule has 3 heterocycles. The first-order valence-electron chi connectivity index (χ1n) is 12.7. The highest BCUT2D eigenvalue weighted by Crippen LogP contribution is 2.65. The fraction of sp³-hybridized carbons (Fsp3) is 0.630. The predicted molar refractivity (Wildman–Crippen MR) is 131 cm³/mol. The molecule has 4 atom stereocenters. The van der Waals surface area contributed by atoms with Crippen molar-refractivity contribution < 1.29 is 4.74 Å². The quantitative estimate of drug-likeness (QED) is 0.688. The van der Waals surface area contributed by atoms with Gasteiger partial charge in [0.15, 0.2) is 5.82 Å². The summed E-state index contributed by atoms with van der Waals surface area (Å²) in [6, 6.07) is 0. The lowest BCUT2D eigenvalue weighted by molar-refractivity contribution is -0.0572. The zero-order chi connectivity index (χ0) is 22.5. The van der Waals surface area contributed by atoms with E-state index in [1.165, 1.54) is 44.1 Å². The van der Waals surface area contributed by atoms with E-state index in [0.29, 0.717) is 17.3 Å². The summed E-state index contributed by atoms with van der Waals surface area (Å²) in [7, 11) is 2.11. The minimum Gasteiger partial charge on any atom is -0.373 e. The van der Waals surface area contributed by atoms with E-state index >= 15 is 0 Å². The molecule has 1 aromatic rings. The zero-order valence-electron chi connectivity index (χ0n) is 20.1. The van der Waals surface area contributed by atoms with Crippen LogP contribution in [0.5, 0.6) is 0 Å². The van der Waals surface area contributed by atoms with Crippen LogP contribution in [0.3, 0.4) is 0 Å². The van der Waals surface area contributed by atoms with Gasteiger partial charge in [0.05, 0.1) is 12.3 Å². The van der Waals surface area contributed by atoms with Gasteiger partial charge in [-0.1, -0.05) is 25.7 Å². The molecule has 0 amide bonds. The standard InChI is InChI=1S/C27H35N5O/c1-16-7-23-20(5-6-33-23)9-21(16)29-25-28-14-22-24(30-25)32(17(2)31(22)4)27-12-18-8-19(13-27)11-26(3,10-18)15-27/h7,9,14,18-20,23H,2,5-6,8,10-13,15H2,1,3-4H3,(H,28,29,30). The molecule has 6 heteroatoms. The van der Waals surface area contributed by atoms with Crippen LogP contribution < -0.4 is 15.1 Å². The number of allylic oxidation sites excluding steroid dienone is 1. The molecule has 0 aromatic carbocycles. The number of anilines is 3. The molecule has 0 spiro atoms. The molecule has 4 unspecified atom stereocenters. The number of hydrogen-bond acceptors (Lipinski definition) is 6. The highest BCUT2D eigenvalue weighted by Gasteiger charge is 2.60. The zero-order valence-corrected chi connectivity index (χ0v) is 20.1. The van der Waals surface area contributed by atoms with Crippen LogP contribution >= 0.6 is 0 Å². The van der Waals surface area contributed by atoms with Crippen LogP contribution in [-0.2, 0) is 4.74 Å². The molecule has 33 heavy (non-hydrogen) atoms. The number of nitrogens with one attached hydrogen (secondary N) is 1. The van der Waals surface area contributed by atoms with Crippen molar-refractivity contribution in [2.45, 2.75) is 70.4 Å². The Morgan fingerprint density at radius 1 is 1.18 bits per heavy atom. The maximum absolute atomic E-state index is 5.85. The van der Waals surface area contributed by atoms with Gasteiger partial charge in [-0.25, -0.2) is 4.98 Å². The van der Waals surface area contributed by atoms with Crippen molar-refractivity contribution in [2.24, 2.45) is 23.2 Å². The Morgan fingerprint density at radius 3 is 2.73 bits per heavy atom. The Hall–Kier alpha value is -2.34. The fourth-order valence-electron chi connectivity index (χ4n) is 8.59. The van der Waals surface area contributed by atoms with Gasteiger partial charge in [0.1, 0.15) is 11.5 Å². The molecule has 4 saturated carbocycles. The van der Waals surface area contributed by atoms with Gasteiger partial charge in [0, 0.05) is 30.8 Å². The van der Waals surface area contributed by atoms with E-state index in [1.807, 2.05) is 6.20 Å². The second-order valence-corrected chi connectivity index (χ2v) is 12.1. The number of hydrogen-bond donors (Lipinski definition) is 1. The lowest BCUT2D eigenvalue weighted by atomic mass is 9.47. The minimum atomic E-state index is 0.148. The Balaban J connectivity index is 1.24. The van der Waals surface area contributed by atoms with Crippen LogP contribution in [-0.4, -0.2) is 35.3 Å². The average Bonchev–Trinajstić information content (AvgIpc) is 3.28. The van der Waals surface area contributed by atoms with Crippen LogP contribution in [0.4, 0.5) is 17.5 Å². The smallest absolute Gasteiger partial charge is 0.229 e. The lowest BCUT2D eigenvalue weighted by Crippen LogP contribution is -2.62. The number of ether oxygens (including phenoxy) is 1. The molecule has 5 fully saturated rings. The summed E-state index contributed by atoms with van der Waals surface area (Å²) in [5.74, 6) is 4.90. The maximum Gasteiger partial charge on any atom is 0.229 e. The monoisotopic (exact) mass is 445 g/mol. The second kappa shape index (κ2) is 6.62. The van der Waals surface area contributed by atoms with Crippen molar-refractivity contribution in [2.75, 3.05) is 28.8 Å². The molecule has 174 valence electrons. The first-order valence-corrected chi connectivity index (χ1v) is 12.7. The lowest BCUT2D eigenvalue weighted by Gasteiger charge is -2.63. The van der Waals surface area contributed by atoms with Gasteiger partial charge in [0.25, 0.3) is 0 Å². The van der Waals surface area contributed by atoms with E-state index in [9.17, 15) is 0 Å². The molecule has 6 nitrogen and oxygen atoms in total. The normalized spacial score (nSPS) is 40.6. The first-order chi connectivity index (χ1) is 15.8. The Kier molecular flexibility index (Phi) is 4.03. The minimum absolute atomic E-state index is 0.148. The summed E-state index contributed by atoms with van der Waals surface area (Å²) >= 11 is 0. The summed E-state index contributed by atoms with van der Waals surface area (Å²) in [6.07, 6.45) is 15.8. The Bertz CT molecular complexity index is 1090. The van der Waals surface area contributed by atoms with Crippen LogP contribution in [0.15, 0.2) is 42.0 Å². The first kappa shape index (κ1) is 20.1. The van der Waals surface area contributed by atoms with Crippen LogP contribution in [0.25, 0.3) is 0 Å². The van der Waals surface area contributed by atoms with Gasteiger partial charge in [-0.15, -0.1) is 0 Å². The Labute approximate surface area is 196 Å². The SMILES string of the molecule is C=C1N(C)c2cnc(NC3=CC4CCOC4C=C3C)nc2N1C12CC3CC(CC(C)(C3)C1)C2. The maximum atomic E-state index is 5.85. The van der Waals surface area contributed by atoms with Crippen LogP contribution in [0.2, 0.25) is 0 Å². The average molecular weight is 446 g/mol. The highest BCUT2D eigenvalue weighted by atomic mass is 16.5. The van der Waals surface area contributed by atoms with Gasteiger partial charge in [-0.05, 0) is 74.7 Å². The summed E-state index contributed by atoms with van der Waals surface area (Å²) in [5.41, 5.74) is 4.00. The van der Waals surface area contributed by atoms with Crippen molar-refractivity contribution in [1.82, 2.24) is 9.97 Å². The summed E-state index contributed by atoms with van der Waals surface area (Å²) in [4.78, 5) is 14.5. The fourth-order valence-corrected chi connectivity index (χ4v) is 8.59. The van der Waals surface area contributed by atoms with Crippen molar-refractivity contribution in [3.8, 4) is 0 Å². The molecule has 5 aliphatic carbocycles. The van der Waals surface area contributed by atoms with Gasteiger partial charge >= 0.3 is 0 Å². The van der Waals surface area contributed by atoms with Gasteiger partial charge < -0.3 is 19.9 Å². The molecule has 2 aliphatic heterocycles. The number of nitrogens with zero attached hydrogens (tertiary/aromatic N) is 4. The van der Waals surface area contributed by atoms with Crippen molar-refractivity contribution >= 4 is 17.5 Å². The number of rotatable bonds is 3. The van der Waals surface area contributed by atoms with Gasteiger partial charge in [-0.2, -0.15) is 4.98 Å². The summed E-state index contributed by atoms with van der Waals surface area (Å²) in [5, 5.41) is 3.54. The van der Waals surface area contributed by atoms with E-state index in [2.05, 4.69) is 54.7 Å². The van der Waals surface area contributed by atoms with Gasteiger partial charge in [-0.3, -0.25) is 0 Å². The molecule has 1 N–H and O–H groups in total. The third-order valence-corrected chi connectivity index (χ3v) is 9.42. The van der Waals surface area contributed by atoms with E-state index in [1.54, 1.807) is 0 Å². The molecule has 1 saturated heterocycles. The van der Waals surface area contributed by atoms with Crippen molar-refractivity contribution in [3.63, 3.8) is 0 Å². The highest BCUT2D eigenvalue weighted by molar-refractivity contribution is 5.80. The second-order valence-electron chi connectivity index (χ2n) is 12.1. The van der Waals surface area contributed by atoms with Crippen molar-refractivity contribution in [1.29, 1.82) is 0 Å². The van der Waals surface area contributed by atoms with Crippen LogP contribution in [0.1, 0.15) is 58.8 Å². The van der Waals surface area contributed by atoms with Gasteiger partial charge in [0.2, 0.25) is 5.95 Å². The summed E-state index contributed by atoms with van der Waals surface area (Å²) in [6.45, 7) is 10.0. The molecule has 1 aromatic heterocycles.